The third-order valence-corrected chi connectivity index (χ3v) is 19.2. The van der Waals surface area contributed by atoms with E-state index in [2.05, 4.69) is 193 Å². The van der Waals surface area contributed by atoms with Crippen molar-refractivity contribution < 1.29 is 14.0 Å². The molecule has 81 heavy (non-hydrogen) atoms. The Bertz CT molecular complexity index is 2570. The first-order valence-corrected chi connectivity index (χ1v) is 30.9. The quantitative estimate of drug-likeness (QED) is 0.142. The van der Waals surface area contributed by atoms with Crippen molar-refractivity contribution in [3.63, 3.8) is 0 Å². The first kappa shape index (κ1) is 61.7. The van der Waals surface area contributed by atoms with Crippen molar-refractivity contribution in [1.29, 1.82) is 0 Å². The van der Waals surface area contributed by atoms with Crippen molar-refractivity contribution in [2.24, 2.45) is 0 Å². The number of nitrogens with zero attached hydrogens (tertiary/aromatic N) is 13. The van der Waals surface area contributed by atoms with Gasteiger partial charge in [-0.3, -0.25) is 39.2 Å². The molecule has 8 aliphatic rings. The van der Waals surface area contributed by atoms with Crippen LogP contribution in [-0.2, 0) is 26.2 Å². The second kappa shape index (κ2) is 24.6. The SMILES string of the molecule is CC(C)c1cc(CN2C3CC2CN(C(C)(C)C)C3)no1.COc1ncc(CN2C3CC2CN(C(C)(C)C)C3)cc1C.COc1ncc(CN2C3CC2CN(C(C)(C)C)C3)cc1Cl.Cc1ccc(CN2C3CC2CN(C(C)(C)C)C3)nn1. The Hall–Kier alpha value is -3.84. The van der Waals surface area contributed by atoms with Crippen molar-refractivity contribution >= 4 is 11.6 Å². The molecule has 8 bridgehead atoms. The molecule has 12 rings (SSSR count). The van der Waals surface area contributed by atoms with Gasteiger partial charge in [-0.05, 0) is 158 Å². The van der Waals surface area contributed by atoms with Gasteiger partial charge in [-0.15, -0.1) is 0 Å². The molecule has 16 nitrogen and oxygen atoms in total. The lowest BCUT2D eigenvalue weighted by Gasteiger charge is -2.59. The van der Waals surface area contributed by atoms with Crippen molar-refractivity contribution in [3.8, 4) is 11.8 Å². The summed E-state index contributed by atoms with van der Waals surface area (Å²) in [6.07, 6.45) is 9.22. The molecule has 0 spiro atoms. The van der Waals surface area contributed by atoms with E-state index in [9.17, 15) is 0 Å². The molecule has 17 heteroatoms. The molecular formula is C64H102ClN13O3. The maximum atomic E-state index is 6.16. The number of hydrogen-bond donors (Lipinski definition) is 0. The van der Waals surface area contributed by atoms with Crippen LogP contribution in [0, 0.1) is 13.8 Å². The summed E-state index contributed by atoms with van der Waals surface area (Å²) in [5.41, 5.74) is 7.93. The predicted molar refractivity (Wildman–Crippen MR) is 325 cm³/mol. The normalized spacial score (nSPS) is 27.3. The van der Waals surface area contributed by atoms with Crippen LogP contribution in [0.4, 0.5) is 0 Å². The molecule has 0 radical (unpaired) electrons. The lowest BCUT2D eigenvalue weighted by molar-refractivity contribution is -0.100. The van der Waals surface area contributed by atoms with Crippen LogP contribution in [-0.4, -0.2) is 202 Å². The van der Waals surface area contributed by atoms with Crippen molar-refractivity contribution in [2.75, 3.05) is 66.6 Å². The minimum atomic E-state index is 0.272. The zero-order chi connectivity index (χ0) is 58.5. The summed E-state index contributed by atoms with van der Waals surface area (Å²) in [4.78, 5) is 29.5. The topological polar surface area (TPSA) is 122 Å². The van der Waals surface area contributed by atoms with E-state index >= 15 is 0 Å². The fraction of sp³-hybridized carbons (Fsp3) is 0.734. The zero-order valence-electron chi connectivity index (χ0n) is 53.0. The van der Waals surface area contributed by atoms with E-state index in [1.54, 1.807) is 14.2 Å². The molecule has 4 aromatic rings. The number of halogens is 1. The van der Waals surface area contributed by atoms with Gasteiger partial charge in [0.1, 0.15) is 10.8 Å². The van der Waals surface area contributed by atoms with Crippen LogP contribution in [0.5, 0.6) is 11.8 Å². The Balaban J connectivity index is 0.000000130. The number of ether oxygens (including phenoxy) is 2. The molecule has 8 unspecified atom stereocenters. The molecule has 8 aliphatic heterocycles. The van der Waals surface area contributed by atoms with Gasteiger partial charge in [0.15, 0.2) is 0 Å². The number of aryl methyl sites for hydroxylation is 2. The Morgan fingerprint density at radius 1 is 0.506 bits per heavy atom. The van der Waals surface area contributed by atoms with Gasteiger partial charge in [0.25, 0.3) is 0 Å². The molecule has 8 fully saturated rings. The van der Waals surface area contributed by atoms with Crippen LogP contribution in [0.1, 0.15) is 168 Å². The smallest absolute Gasteiger partial charge is 0.232 e. The summed E-state index contributed by atoms with van der Waals surface area (Å²) in [6.45, 7) is 49.4. The highest BCUT2D eigenvalue weighted by Gasteiger charge is 2.50. The van der Waals surface area contributed by atoms with E-state index in [1.807, 2.05) is 25.4 Å². The second-order valence-corrected chi connectivity index (χ2v) is 29.6. The molecule has 0 aromatic carbocycles. The third-order valence-electron chi connectivity index (χ3n) is 18.9. The van der Waals surface area contributed by atoms with Crippen LogP contribution < -0.4 is 9.47 Å². The van der Waals surface area contributed by atoms with Crippen LogP contribution in [0.15, 0.2) is 47.2 Å². The predicted octanol–water partition coefficient (Wildman–Crippen LogP) is 9.95. The highest BCUT2D eigenvalue weighted by atomic mass is 35.5. The van der Waals surface area contributed by atoms with Gasteiger partial charge >= 0.3 is 0 Å². The fourth-order valence-corrected chi connectivity index (χ4v) is 13.8. The first-order chi connectivity index (χ1) is 38.0. The molecule has 8 saturated heterocycles. The Kier molecular flexibility index (Phi) is 18.8. The van der Waals surface area contributed by atoms with E-state index in [0.717, 1.165) is 73.6 Å². The average Bonchev–Trinajstić information content (AvgIpc) is 3.95. The molecule has 448 valence electrons. The lowest BCUT2D eigenvalue weighted by atomic mass is 9.84. The third kappa shape index (κ3) is 14.6. The Labute approximate surface area is 492 Å². The molecule has 0 N–H and O–H groups in total. The average molecular weight is 1140 g/mol. The molecule has 0 aliphatic carbocycles. The fourth-order valence-electron chi connectivity index (χ4n) is 13.6. The van der Waals surface area contributed by atoms with Gasteiger partial charge < -0.3 is 14.0 Å². The Morgan fingerprint density at radius 3 is 1.20 bits per heavy atom. The summed E-state index contributed by atoms with van der Waals surface area (Å²) in [7, 11) is 3.27. The lowest BCUT2D eigenvalue weighted by Crippen LogP contribution is -2.70. The molecule has 4 aromatic heterocycles. The summed E-state index contributed by atoms with van der Waals surface area (Å²) < 4.78 is 15.8. The molecule has 0 amide bonds. The minimum absolute atomic E-state index is 0.272. The minimum Gasteiger partial charge on any atom is -0.481 e. The van der Waals surface area contributed by atoms with Gasteiger partial charge in [0.2, 0.25) is 11.8 Å². The van der Waals surface area contributed by atoms with E-state index in [-0.39, 0.29) is 5.54 Å². The van der Waals surface area contributed by atoms with Crippen LogP contribution in [0.25, 0.3) is 0 Å². The summed E-state index contributed by atoms with van der Waals surface area (Å²) >= 11 is 6.16. The molecular weight excluding hydrogens is 1030 g/mol. The maximum Gasteiger partial charge on any atom is 0.232 e. The largest absolute Gasteiger partial charge is 0.481 e. The van der Waals surface area contributed by atoms with Gasteiger partial charge in [-0.1, -0.05) is 30.6 Å². The molecule has 12 heterocycles. The van der Waals surface area contributed by atoms with E-state index in [4.69, 9.17) is 25.6 Å². The van der Waals surface area contributed by atoms with Gasteiger partial charge in [-0.25, -0.2) is 9.97 Å². The number of pyridine rings is 2. The van der Waals surface area contributed by atoms with Crippen LogP contribution >= 0.6 is 11.6 Å². The van der Waals surface area contributed by atoms with E-state index < -0.39 is 0 Å². The number of hydrogen-bond acceptors (Lipinski definition) is 16. The summed E-state index contributed by atoms with van der Waals surface area (Å²) in [6, 6.07) is 16.1. The van der Waals surface area contributed by atoms with Crippen molar-refractivity contribution in [2.45, 2.75) is 239 Å². The van der Waals surface area contributed by atoms with Crippen molar-refractivity contribution in [3.05, 3.63) is 87.3 Å². The second-order valence-electron chi connectivity index (χ2n) is 29.2. The zero-order valence-corrected chi connectivity index (χ0v) is 53.7. The Morgan fingerprint density at radius 2 is 0.877 bits per heavy atom. The van der Waals surface area contributed by atoms with Gasteiger partial charge in [0, 0.05) is 179 Å². The maximum absolute atomic E-state index is 6.16. The number of piperidine rings is 4. The van der Waals surface area contributed by atoms with Gasteiger partial charge in [-0.2, -0.15) is 10.2 Å². The van der Waals surface area contributed by atoms with Crippen LogP contribution in [0.3, 0.4) is 0 Å². The van der Waals surface area contributed by atoms with E-state index in [1.165, 1.54) is 76.1 Å². The number of piperazine rings is 4. The monoisotopic (exact) mass is 1140 g/mol. The summed E-state index contributed by atoms with van der Waals surface area (Å²) in [5.74, 6) is 2.66. The molecule has 0 saturated carbocycles. The highest BCUT2D eigenvalue weighted by molar-refractivity contribution is 6.31. The van der Waals surface area contributed by atoms with E-state index in [0.29, 0.717) is 81.8 Å². The highest BCUT2D eigenvalue weighted by Crippen LogP contribution is 2.40. The van der Waals surface area contributed by atoms with Gasteiger partial charge in [0.05, 0.1) is 31.3 Å². The van der Waals surface area contributed by atoms with Crippen LogP contribution in [0.2, 0.25) is 5.02 Å². The number of fused-ring (bicyclic) bond motifs is 8. The number of rotatable bonds is 11. The standard InChI is InChI=1S/C17H27N3O.C16H24ClN3O.C16H27N3O.C15H24N4/c1-12-6-13(8-18-16(12)21-5)9-20-14-7-15(20)11-19(10-14)17(2,3)4;1-16(2,3)19-9-12-6-13(10-19)20(12)8-11-5-14(17)15(21-4)18-7-11;1-11(2)15-6-12(17-20-15)8-19-13-7-14(19)10-18(9-13)16(3,4)5;1-11-5-6-12(17-16-11)8-19-13-7-14(19)10-18(9-13)15(2,3)4/h6,8,14-15H,7,9-11H2,1-5H3;5,7,12-13H,6,8-10H2,1-4H3;6,11,13-14H,7-10H2,1-5H3;5-6,13-14H,7-10H2,1-4H3. The molecule has 8 atom stereocenters. The van der Waals surface area contributed by atoms with Crippen molar-refractivity contribution in [1.82, 2.24) is 64.5 Å². The number of methoxy groups -OCH3 is 2. The first-order valence-electron chi connectivity index (χ1n) is 30.5. The number of aromatic nitrogens is 5. The summed E-state index contributed by atoms with van der Waals surface area (Å²) in [5, 5.41) is 13.3. The number of likely N-dealkylation sites (tertiary alicyclic amines) is 8.